The first-order valence-corrected chi connectivity index (χ1v) is 11.1. The van der Waals surface area contributed by atoms with Gasteiger partial charge in [-0.3, -0.25) is 14.3 Å². The van der Waals surface area contributed by atoms with Crippen LogP contribution in [0.15, 0.2) is 67.1 Å². The highest BCUT2D eigenvalue weighted by Crippen LogP contribution is 2.39. The van der Waals surface area contributed by atoms with Gasteiger partial charge in [0.1, 0.15) is 23.1 Å². The lowest BCUT2D eigenvalue weighted by atomic mass is 9.79. The Kier molecular flexibility index (Phi) is 5.99. The first-order valence-electron chi connectivity index (χ1n) is 11.1. The molecule has 1 aliphatic carbocycles. The Labute approximate surface area is 195 Å². The number of rotatable bonds is 7. The average molecular weight is 458 g/mol. The molecule has 0 spiro atoms. The fraction of sp³-hybridized carbons (Fsp3) is 0.240. The second-order valence-corrected chi connectivity index (χ2v) is 8.06. The number of pyridine rings is 2. The number of amides is 1. The third kappa shape index (κ3) is 4.24. The molecule has 1 saturated carbocycles. The van der Waals surface area contributed by atoms with Gasteiger partial charge < -0.3 is 10.1 Å². The molecule has 3 aromatic heterocycles. The van der Waals surface area contributed by atoms with Crippen molar-refractivity contribution in [2.24, 2.45) is 0 Å². The van der Waals surface area contributed by atoms with E-state index in [0.29, 0.717) is 53.8 Å². The number of ether oxygens (including phenoxy) is 1. The lowest BCUT2D eigenvalue weighted by Crippen LogP contribution is -2.44. The van der Waals surface area contributed by atoms with Gasteiger partial charge in [-0.05, 0) is 56.2 Å². The highest BCUT2D eigenvalue weighted by Gasteiger charge is 2.36. The molecule has 0 radical (unpaired) electrons. The maximum absolute atomic E-state index is 14.8. The molecule has 4 aromatic rings. The number of benzene rings is 1. The highest BCUT2D eigenvalue weighted by molar-refractivity contribution is 5.94. The average Bonchev–Trinajstić information content (AvgIpc) is 3.26. The molecule has 0 unspecified atom stereocenters. The minimum absolute atomic E-state index is 0.00323. The fourth-order valence-corrected chi connectivity index (χ4v) is 4.08. The quantitative estimate of drug-likeness (QED) is 0.451. The van der Waals surface area contributed by atoms with E-state index in [2.05, 4.69) is 25.5 Å². The molecule has 1 amide bonds. The zero-order chi connectivity index (χ0) is 23.5. The van der Waals surface area contributed by atoms with E-state index in [4.69, 9.17) is 4.74 Å². The SMILES string of the molecule is CCOc1ccc(-c2nnc(C3CC(NC(=O)c4ccncc4)C3)n2-c2ccccc2F)nc1. The Bertz CT molecular complexity index is 1290. The third-order valence-corrected chi connectivity index (χ3v) is 5.84. The van der Waals surface area contributed by atoms with Gasteiger partial charge >= 0.3 is 0 Å². The molecule has 3 heterocycles. The number of aromatic nitrogens is 5. The summed E-state index contributed by atoms with van der Waals surface area (Å²) in [4.78, 5) is 20.8. The van der Waals surface area contributed by atoms with Crippen molar-refractivity contribution in [2.45, 2.75) is 31.7 Å². The minimum Gasteiger partial charge on any atom is -0.492 e. The van der Waals surface area contributed by atoms with E-state index < -0.39 is 0 Å². The molecule has 1 fully saturated rings. The van der Waals surface area contributed by atoms with E-state index >= 15 is 0 Å². The molecular formula is C25H23FN6O2. The van der Waals surface area contributed by atoms with Gasteiger partial charge in [0.05, 0.1) is 18.5 Å². The smallest absolute Gasteiger partial charge is 0.251 e. The van der Waals surface area contributed by atoms with Crippen LogP contribution >= 0.6 is 0 Å². The van der Waals surface area contributed by atoms with Crippen LogP contribution in [0, 0.1) is 5.82 Å². The normalized spacial score (nSPS) is 17.1. The monoisotopic (exact) mass is 458 g/mol. The summed E-state index contributed by atoms with van der Waals surface area (Å²) < 4.78 is 22.0. The molecule has 0 aliphatic heterocycles. The fourth-order valence-electron chi connectivity index (χ4n) is 4.08. The van der Waals surface area contributed by atoms with Crippen LogP contribution in [0.1, 0.15) is 41.9 Å². The van der Waals surface area contributed by atoms with E-state index in [0.717, 1.165) is 0 Å². The van der Waals surface area contributed by atoms with Crippen molar-refractivity contribution in [3.63, 3.8) is 0 Å². The van der Waals surface area contributed by atoms with Gasteiger partial charge in [0.2, 0.25) is 0 Å². The molecular weight excluding hydrogens is 435 g/mol. The van der Waals surface area contributed by atoms with E-state index in [1.807, 2.05) is 6.92 Å². The van der Waals surface area contributed by atoms with Crippen molar-refractivity contribution in [3.8, 4) is 23.0 Å². The van der Waals surface area contributed by atoms with Gasteiger partial charge in [-0.25, -0.2) is 9.37 Å². The number of nitrogens with zero attached hydrogens (tertiary/aromatic N) is 5. The highest BCUT2D eigenvalue weighted by atomic mass is 19.1. The predicted octanol–water partition coefficient (Wildman–Crippen LogP) is 3.94. The van der Waals surface area contributed by atoms with E-state index in [1.54, 1.807) is 65.6 Å². The lowest BCUT2D eigenvalue weighted by molar-refractivity contribution is 0.0907. The van der Waals surface area contributed by atoms with Gasteiger partial charge in [-0.1, -0.05) is 12.1 Å². The largest absolute Gasteiger partial charge is 0.492 e. The Morgan fingerprint density at radius 2 is 1.91 bits per heavy atom. The zero-order valence-corrected chi connectivity index (χ0v) is 18.6. The zero-order valence-electron chi connectivity index (χ0n) is 18.6. The van der Waals surface area contributed by atoms with Crippen LogP contribution < -0.4 is 10.1 Å². The van der Waals surface area contributed by atoms with Gasteiger partial charge in [0.15, 0.2) is 5.82 Å². The van der Waals surface area contributed by atoms with Crippen LogP contribution in [0.5, 0.6) is 5.75 Å². The van der Waals surface area contributed by atoms with E-state index in [1.165, 1.54) is 6.07 Å². The maximum Gasteiger partial charge on any atom is 0.251 e. The molecule has 1 aromatic carbocycles. The summed E-state index contributed by atoms with van der Waals surface area (Å²) in [5, 5.41) is 11.8. The van der Waals surface area contributed by atoms with Crippen LogP contribution in [-0.2, 0) is 0 Å². The minimum atomic E-state index is -0.377. The van der Waals surface area contributed by atoms with Crippen LogP contribution in [0.2, 0.25) is 0 Å². The van der Waals surface area contributed by atoms with Crippen LogP contribution in [0.4, 0.5) is 4.39 Å². The Balaban J connectivity index is 1.41. The summed E-state index contributed by atoms with van der Waals surface area (Å²) in [6.07, 6.45) is 6.16. The van der Waals surface area contributed by atoms with Crippen molar-refractivity contribution in [3.05, 3.63) is 84.3 Å². The Hall–Kier alpha value is -4.14. The molecule has 9 heteroatoms. The summed E-state index contributed by atoms with van der Waals surface area (Å²) in [5.41, 5.74) is 1.49. The van der Waals surface area contributed by atoms with Crippen LogP contribution in [0.3, 0.4) is 0 Å². The first kappa shape index (κ1) is 21.7. The van der Waals surface area contributed by atoms with Crippen molar-refractivity contribution < 1.29 is 13.9 Å². The first-order chi connectivity index (χ1) is 16.6. The van der Waals surface area contributed by atoms with Crippen molar-refractivity contribution in [1.82, 2.24) is 30.0 Å². The topological polar surface area (TPSA) is 94.8 Å². The maximum atomic E-state index is 14.8. The molecule has 1 N–H and O–H groups in total. The summed E-state index contributed by atoms with van der Waals surface area (Å²) in [6.45, 7) is 2.44. The lowest BCUT2D eigenvalue weighted by Gasteiger charge is -2.35. The molecule has 0 saturated heterocycles. The Morgan fingerprint density at radius 1 is 1.12 bits per heavy atom. The van der Waals surface area contributed by atoms with E-state index in [9.17, 15) is 9.18 Å². The van der Waals surface area contributed by atoms with Crippen LogP contribution in [-0.4, -0.2) is 43.3 Å². The summed E-state index contributed by atoms with van der Waals surface area (Å²) >= 11 is 0. The summed E-state index contributed by atoms with van der Waals surface area (Å²) in [7, 11) is 0. The molecule has 5 rings (SSSR count). The number of carbonyl (C=O) groups excluding carboxylic acids is 1. The van der Waals surface area contributed by atoms with E-state index in [-0.39, 0.29) is 23.7 Å². The molecule has 1 aliphatic rings. The standard InChI is InChI=1S/C25H23FN6O2/c1-2-34-19-7-8-21(28-15-19)24-31-30-23(32(24)22-6-4-3-5-20(22)26)17-13-18(14-17)29-25(33)16-9-11-27-12-10-16/h3-12,15,17-18H,2,13-14H2,1H3,(H,29,33). The predicted molar refractivity (Wildman–Crippen MR) is 123 cm³/mol. The van der Waals surface area contributed by atoms with Crippen molar-refractivity contribution in [2.75, 3.05) is 6.61 Å². The van der Waals surface area contributed by atoms with Gasteiger partial charge in [0.25, 0.3) is 5.91 Å². The van der Waals surface area contributed by atoms with Crippen molar-refractivity contribution >= 4 is 5.91 Å². The summed E-state index contributed by atoms with van der Waals surface area (Å²) in [5.74, 6) is 1.25. The molecule has 172 valence electrons. The number of carbonyl (C=O) groups is 1. The van der Waals surface area contributed by atoms with Gasteiger partial charge in [-0.15, -0.1) is 10.2 Å². The van der Waals surface area contributed by atoms with Crippen molar-refractivity contribution in [1.29, 1.82) is 0 Å². The number of hydrogen-bond acceptors (Lipinski definition) is 6. The second-order valence-electron chi connectivity index (χ2n) is 8.06. The molecule has 34 heavy (non-hydrogen) atoms. The van der Waals surface area contributed by atoms with Gasteiger partial charge in [-0.2, -0.15) is 0 Å². The second kappa shape index (κ2) is 9.38. The number of para-hydroxylation sites is 1. The third-order valence-electron chi connectivity index (χ3n) is 5.84. The number of nitrogens with one attached hydrogen (secondary N) is 1. The summed E-state index contributed by atoms with van der Waals surface area (Å²) in [6, 6.07) is 13.5. The molecule has 0 bridgehead atoms. The number of hydrogen-bond donors (Lipinski definition) is 1. The van der Waals surface area contributed by atoms with Gasteiger partial charge in [0, 0.05) is 29.9 Å². The van der Waals surface area contributed by atoms with Crippen LogP contribution in [0.25, 0.3) is 17.2 Å². The number of halogens is 1. The Morgan fingerprint density at radius 3 is 2.62 bits per heavy atom. The molecule has 8 nitrogen and oxygen atoms in total. The molecule has 0 atom stereocenters.